The smallest absolute Gasteiger partial charge is 0.338 e. The number of nitrogens with one attached hydrogen (secondary N) is 1. The molecule has 2 atom stereocenters. The molecule has 2 unspecified atom stereocenters. The molecule has 1 saturated carbocycles. The minimum Gasteiger partial charge on any atom is -0.497 e. The Morgan fingerprint density at radius 2 is 2.15 bits per heavy atom. The Labute approximate surface area is 165 Å². The van der Waals surface area contributed by atoms with E-state index in [0.29, 0.717) is 16.3 Å². The Kier molecular flexibility index (Phi) is 6.06. The van der Waals surface area contributed by atoms with Crippen molar-refractivity contribution < 1.29 is 14.3 Å². The van der Waals surface area contributed by atoms with Gasteiger partial charge in [0, 0.05) is 19.4 Å². The number of ether oxygens (including phenoxy) is 2. The minimum atomic E-state index is -0.564. The average molecular weight is 385 g/mol. The first kappa shape index (κ1) is 19.3. The van der Waals surface area contributed by atoms with Crippen LogP contribution in [-0.4, -0.2) is 36.2 Å². The van der Waals surface area contributed by atoms with Gasteiger partial charge in [-0.1, -0.05) is 30.8 Å². The molecule has 1 aliphatic rings. The van der Waals surface area contributed by atoms with Gasteiger partial charge in [-0.2, -0.15) is 0 Å². The van der Waals surface area contributed by atoms with E-state index in [1.807, 2.05) is 25.4 Å². The van der Waals surface area contributed by atoms with Crippen LogP contribution in [0.25, 0.3) is 0 Å². The molecule has 27 heavy (non-hydrogen) atoms. The molecule has 1 aromatic carbocycles. The zero-order valence-corrected chi connectivity index (χ0v) is 16.4. The van der Waals surface area contributed by atoms with Crippen LogP contribution in [0.3, 0.4) is 0 Å². The molecule has 0 bridgehead atoms. The van der Waals surface area contributed by atoms with Crippen molar-refractivity contribution in [3.8, 4) is 5.75 Å². The molecule has 0 amide bonds. The first-order valence-electron chi connectivity index (χ1n) is 9.09. The second-order valence-corrected chi connectivity index (χ2v) is 7.07. The highest BCUT2D eigenvalue weighted by Gasteiger charge is 2.48. The fourth-order valence-electron chi connectivity index (χ4n) is 3.82. The van der Waals surface area contributed by atoms with E-state index < -0.39 is 5.41 Å². The van der Waals surface area contributed by atoms with Gasteiger partial charge in [-0.15, -0.1) is 0 Å². The Balaban J connectivity index is 1.95. The molecule has 0 saturated heterocycles. The second kappa shape index (κ2) is 8.48. The number of rotatable bonds is 5. The lowest BCUT2D eigenvalue weighted by atomic mass is 9.67. The van der Waals surface area contributed by atoms with Crippen molar-refractivity contribution in [1.29, 1.82) is 0 Å². The third-order valence-electron chi connectivity index (χ3n) is 5.20. The summed E-state index contributed by atoms with van der Waals surface area (Å²) in [6.45, 7) is 0. The SMILES string of the molecule is CNC(=S)C1(c2cccnc2)CCCCC1OC(=O)c1cccc(OC)c1. The minimum absolute atomic E-state index is 0.353. The van der Waals surface area contributed by atoms with Crippen molar-refractivity contribution >= 4 is 23.2 Å². The normalized spacial score (nSPS) is 21.9. The molecule has 0 spiro atoms. The summed E-state index contributed by atoms with van der Waals surface area (Å²) in [6.07, 6.45) is 6.78. The number of nitrogens with zero attached hydrogens (tertiary/aromatic N) is 1. The predicted octanol–water partition coefficient (Wildman–Crippen LogP) is 3.67. The van der Waals surface area contributed by atoms with Gasteiger partial charge in [-0.3, -0.25) is 4.98 Å². The highest BCUT2D eigenvalue weighted by atomic mass is 32.1. The van der Waals surface area contributed by atoms with E-state index in [1.54, 1.807) is 37.6 Å². The van der Waals surface area contributed by atoms with Crippen molar-refractivity contribution in [3.63, 3.8) is 0 Å². The standard InChI is InChI=1S/C21H24N2O3S/c1-22-20(27)21(16-8-6-12-23-14-16)11-4-3-10-18(21)26-19(24)15-7-5-9-17(13-15)25-2/h5-9,12-14,18H,3-4,10-11H2,1-2H3,(H,22,27). The summed E-state index contributed by atoms with van der Waals surface area (Å²) in [5, 5.41) is 3.13. The topological polar surface area (TPSA) is 60.5 Å². The lowest BCUT2D eigenvalue weighted by molar-refractivity contribution is 0.00427. The second-order valence-electron chi connectivity index (χ2n) is 6.66. The molecule has 142 valence electrons. The molecule has 6 heteroatoms. The van der Waals surface area contributed by atoms with Crippen LogP contribution in [-0.2, 0) is 10.2 Å². The molecule has 1 aromatic heterocycles. The van der Waals surface area contributed by atoms with Gasteiger partial charge in [-0.25, -0.2) is 4.79 Å². The fourth-order valence-corrected chi connectivity index (χ4v) is 4.17. The third-order valence-corrected chi connectivity index (χ3v) is 5.77. The maximum atomic E-state index is 12.9. The van der Waals surface area contributed by atoms with Crippen molar-refractivity contribution in [2.75, 3.05) is 14.2 Å². The van der Waals surface area contributed by atoms with Crippen LogP contribution in [0, 0.1) is 0 Å². The van der Waals surface area contributed by atoms with Gasteiger partial charge < -0.3 is 14.8 Å². The summed E-state index contributed by atoms with van der Waals surface area (Å²) < 4.78 is 11.2. The third kappa shape index (κ3) is 3.81. The first-order chi connectivity index (χ1) is 13.1. The molecule has 1 N–H and O–H groups in total. The highest BCUT2D eigenvalue weighted by molar-refractivity contribution is 7.80. The van der Waals surface area contributed by atoms with E-state index in [-0.39, 0.29) is 12.1 Å². The Hall–Kier alpha value is -2.47. The summed E-state index contributed by atoms with van der Waals surface area (Å²) in [6, 6.07) is 10.9. The quantitative estimate of drug-likeness (QED) is 0.627. The van der Waals surface area contributed by atoms with Crippen molar-refractivity contribution in [1.82, 2.24) is 10.3 Å². The molecule has 2 aromatic rings. The van der Waals surface area contributed by atoms with Gasteiger partial charge >= 0.3 is 5.97 Å². The monoisotopic (exact) mass is 384 g/mol. The van der Waals surface area contributed by atoms with Crippen LogP contribution >= 0.6 is 12.2 Å². The van der Waals surface area contributed by atoms with Gasteiger partial charge in [0.15, 0.2) is 0 Å². The van der Waals surface area contributed by atoms with Crippen LogP contribution in [0.5, 0.6) is 5.75 Å². The van der Waals surface area contributed by atoms with E-state index in [9.17, 15) is 4.79 Å². The van der Waals surface area contributed by atoms with Gasteiger partial charge in [0.25, 0.3) is 0 Å². The largest absolute Gasteiger partial charge is 0.497 e. The van der Waals surface area contributed by atoms with Crippen LogP contribution in [0.2, 0.25) is 0 Å². The van der Waals surface area contributed by atoms with Crippen molar-refractivity contribution in [3.05, 3.63) is 59.9 Å². The number of esters is 1. The number of thiocarbonyl (C=S) groups is 1. The molecular weight excluding hydrogens is 360 g/mol. The zero-order chi connectivity index (χ0) is 19.3. The Morgan fingerprint density at radius 1 is 1.30 bits per heavy atom. The average Bonchev–Trinajstić information content (AvgIpc) is 2.74. The summed E-state index contributed by atoms with van der Waals surface area (Å²) in [5.74, 6) is 0.255. The van der Waals surface area contributed by atoms with E-state index in [2.05, 4.69) is 10.3 Å². The Bertz CT molecular complexity index is 812. The number of hydrogen-bond donors (Lipinski definition) is 1. The number of likely N-dealkylation sites (N-methyl/N-ethyl adjacent to an activating group) is 1. The number of methoxy groups -OCH3 is 1. The Morgan fingerprint density at radius 3 is 2.85 bits per heavy atom. The van der Waals surface area contributed by atoms with Crippen LogP contribution in [0.4, 0.5) is 0 Å². The van der Waals surface area contributed by atoms with E-state index >= 15 is 0 Å². The fraction of sp³-hybridized carbons (Fsp3) is 0.381. The summed E-state index contributed by atoms with van der Waals surface area (Å²) >= 11 is 5.71. The van der Waals surface area contributed by atoms with Gasteiger partial charge in [-0.05, 0) is 49.1 Å². The molecule has 0 aliphatic heterocycles. The number of carbonyl (C=O) groups is 1. The zero-order valence-electron chi connectivity index (χ0n) is 15.6. The molecule has 1 fully saturated rings. The maximum absolute atomic E-state index is 12.9. The lowest BCUT2D eigenvalue weighted by Gasteiger charge is -2.43. The van der Waals surface area contributed by atoms with Crippen molar-refractivity contribution in [2.45, 2.75) is 37.2 Å². The summed E-state index contributed by atoms with van der Waals surface area (Å²) in [5.41, 5.74) is 0.883. The number of carbonyl (C=O) groups excluding carboxylic acids is 1. The molecular formula is C21H24N2O3S. The number of benzene rings is 1. The number of hydrogen-bond acceptors (Lipinski definition) is 5. The molecule has 1 heterocycles. The van der Waals surface area contributed by atoms with E-state index in [1.165, 1.54) is 0 Å². The highest BCUT2D eigenvalue weighted by Crippen LogP contribution is 2.42. The first-order valence-corrected chi connectivity index (χ1v) is 9.50. The van der Waals surface area contributed by atoms with E-state index in [4.69, 9.17) is 21.7 Å². The van der Waals surface area contributed by atoms with Crippen LogP contribution in [0.1, 0.15) is 41.6 Å². The molecule has 1 aliphatic carbocycles. The summed E-state index contributed by atoms with van der Waals surface area (Å²) in [4.78, 5) is 17.8. The van der Waals surface area contributed by atoms with Crippen LogP contribution in [0.15, 0.2) is 48.8 Å². The summed E-state index contributed by atoms with van der Waals surface area (Å²) in [7, 11) is 3.39. The van der Waals surface area contributed by atoms with Gasteiger partial charge in [0.2, 0.25) is 0 Å². The maximum Gasteiger partial charge on any atom is 0.338 e. The molecule has 0 radical (unpaired) electrons. The lowest BCUT2D eigenvalue weighted by Crippen LogP contribution is -2.53. The number of pyridine rings is 1. The van der Waals surface area contributed by atoms with Gasteiger partial charge in [0.05, 0.1) is 23.1 Å². The molecule has 3 rings (SSSR count). The number of aromatic nitrogens is 1. The van der Waals surface area contributed by atoms with Gasteiger partial charge in [0.1, 0.15) is 11.9 Å². The predicted molar refractivity (Wildman–Crippen MR) is 108 cm³/mol. The van der Waals surface area contributed by atoms with Crippen LogP contribution < -0.4 is 10.1 Å². The van der Waals surface area contributed by atoms with Crippen molar-refractivity contribution in [2.24, 2.45) is 0 Å². The van der Waals surface area contributed by atoms with E-state index in [0.717, 1.165) is 31.2 Å². The molecule has 5 nitrogen and oxygen atoms in total.